The molecule has 0 aliphatic carbocycles. The average Bonchev–Trinajstić information content (AvgIpc) is 3.20. The van der Waals surface area contributed by atoms with Crippen LogP contribution in [0.25, 0.3) is 0 Å². The smallest absolute Gasteiger partial charge is 0.262 e. The number of ether oxygens (including phenoxy) is 1. The van der Waals surface area contributed by atoms with Gasteiger partial charge in [-0.15, -0.1) is 0 Å². The number of amides is 2. The minimum absolute atomic E-state index is 0.0961. The molecule has 2 amide bonds. The van der Waals surface area contributed by atoms with Crippen molar-refractivity contribution in [2.24, 2.45) is 5.92 Å². The van der Waals surface area contributed by atoms with E-state index in [1.54, 1.807) is 11.0 Å². The normalized spacial score (nSPS) is 15.7. The molecule has 1 atom stereocenters. The van der Waals surface area contributed by atoms with Gasteiger partial charge in [0.05, 0.1) is 23.6 Å². The van der Waals surface area contributed by atoms with Crippen LogP contribution in [0.1, 0.15) is 12.0 Å². The Morgan fingerprint density at radius 2 is 1.80 bits per heavy atom. The van der Waals surface area contributed by atoms with Crippen LogP contribution in [0.15, 0.2) is 77.7 Å². The van der Waals surface area contributed by atoms with Crippen LogP contribution >= 0.6 is 0 Å². The molecule has 0 aromatic heterocycles. The molecule has 0 radical (unpaired) electrons. The second-order valence-electron chi connectivity index (χ2n) is 8.12. The summed E-state index contributed by atoms with van der Waals surface area (Å²) >= 11 is 0. The summed E-state index contributed by atoms with van der Waals surface area (Å²) in [5, 5.41) is 2.76. The molecule has 3 aromatic rings. The highest BCUT2D eigenvalue weighted by Crippen LogP contribution is 2.31. The number of methoxy groups -OCH3 is 1. The van der Waals surface area contributed by atoms with E-state index in [1.165, 1.54) is 19.2 Å². The van der Waals surface area contributed by atoms with Crippen LogP contribution < -0.4 is 14.8 Å². The highest BCUT2D eigenvalue weighted by atomic mass is 32.2. The Balaban J connectivity index is 1.46. The summed E-state index contributed by atoms with van der Waals surface area (Å²) in [4.78, 5) is 26.8. The summed E-state index contributed by atoms with van der Waals surface area (Å²) in [6.45, 7) is 0.723. The minimum Gasteiger partial charge on any atom is -0.495 e. The number of anilines is 2. The number of likely N-dealkylation sites (tertiary alicyclic amines) is 1. The first-order valence-corrected chi connectivity index (χ1v) is 12.3. The van der Waals surface area contributed by atoms with Gasteiger partial charge < -0.3 is 15.0 Å². The predicted molar refractivity (Wildman–Crippen MR) is 129 cm³/mol. The van der Waals surface area contributed by atoms with Crippen LogP contribution in [0.4, 0.5) is 15.8 Å². The van der Waals surface area contributed by atoms with Crippen molar-refractivity contribution >= 4 is 33.2 Å². The fourth-order valence-corrected chi connectivity index (χ4v) is 4.89. The Morgan fingerprint density at radius 3 is 2.49 bits per heavy atom. The topological polar surface area (TPSA) is 105 Å². The van der Waals surface area contributed by atoms with Gasteiger partial charge in [0.2, 0.25) is 11.8 Å². The number of benzene rings is 3. The van der Waals surface area contributed by atoms with Crippen molar-refractivity contribution in [2.75, 3.05) is 23.7 Å². The Hall–Kier alpha value is -3.92. The lowest BCUT2D eigenvalue weighted by atomic mass is 10.1. The van der Waals surface area contributed by atoms with E-state index in [0.717, 1.165) is 29.8 Å². The number of rotatable bonds is 8. The fraction of sp³-hybridized carbons (Fsp3) is 0.200. The van der Waals surface area contributed by atoms with Crippen molar-refractivity contribution in [3.05, 3.63) is 84.2 Å². The molecule has 2 N–H and O–H groups in total. The van der Waals surface area contributed by atoms with Gasteiger partial charge in [-0.25, -0.2) is 12.8 Å². The molecule has 35 heavy (non-hydrogen) atoms. The maximum Gasteiger partial charge on any atom is 0.262 e. The van der Waals surface area contributed by atoms with Gasteiger partial charge in [-0.3, -0.25) is 14.3 Å². The Morgan fingerprint density at radius 1 is 1.09 bits per heavy atom. The SMILES string of the molecule is COc1ccc(NC(=O)C2CC(=O)N(Cc3ccccc3)C2)cc1NS(=O)(=O)c1ccc(F)cc1. The van der Waals surface area contributed by atoms with E-state index in [2.05, 4.69) is 10.0 Å². The van der Waals surface area contributed by atoms with Crippen molar-refractivity contribution in [3.8, 4) is 5.75 Å². The molecule has 0 bridgehead atoms. The first-order valence-electron chi connectivity index (χ1n) is 10.8. The van der Waals surface area contributed by atoms with E-state index in [4.69, 9.17) is 4.74 Å². The lowest BCUT2D eigenvalue weighted by Gasteiger charge is -2.17. The molecular weight excluding hydrogens is 473 g/mol. The van der Waals surface area contributed by atoms with E-state index >= 15 is 0 Å². The summed E-state index contributed by atoms with van der Waals surface area (Å²) in [5.41, 5.74) is 1.42. The summed E-state index contributed by atoms with van der Waals surface area (Å²) in [7, 11) is -2.64. The molecular formula is C25H24FN3O5S. The summed E-state index contributed by atoms with van der Waals surface area (Å²) in [6.07, 6.45) is 0.0961. The molecule has 0 saturated carbocycles. The summed E-state index contributed by atoms with van der Waals surface area (Å²) in [6, 6.07) is 18.4. The Bertz CT molecular complexity index is 1330. The summed E-state index contributed by atoms with van der Waals surface area (Å²) in [5.74, 6) is -1.30. The molecule has 10 heteroatoms. The van der Waals surface area contributed by atoms with Gasteiger partial charge in [-0.2, -0.15) is 0 Å². The molecule has 1 unspecified atom stereocenters. The number of hydrogen-bond acceptors (Lipinski definition) is 5. The van der Waals surface area contributed by atoms with E-state index in [0.29, 0.717) is 18.8 Å². The number of carbonyl (C=O) groups excluding carboxylic acids is 2. The van der Waals surface area contributed by atoms with Gasteiger partial charge in [-0.1, -0.05) is 30.3 Å². The molecule has 0 spiro atoms. The molecule has 1 aliphatic heterocycles. The van der Waals surface area contributed by atoms with Crippen LogP contribution in [-0.4, -0.2) is 38.8 Å². The van der Waals surface area contributed by atoms with Crippen LogP contribution in [0, 0.1) is 11.7 Å². The number of sulfonamides is 1. The molecule has 182 valence electrons. The molecule has 1 fully saturated rings. The van der Waals surface area contributed by atoms with Gasteiger partial charge in [0.1, 0.15) is 11.6 Å². The van der Waals surface area contributed by atoms with Gasteiger partial charge in [0.25, 0.3) is 10.0 Å². The zero-order chi connectivity index (χ0) is 25.0. The maximum atomic E-state index is 13.2. The third-order valence-corrected chi connectivity index (χ3v) is 7.02. The monoisotopic (exact) mass is 497 g/mol. The van der Waals surface area contributed by atoms with Crippen molar-refractivity contribution in [3.63, 3.8) is 0 Å². The lowest BCUT2D eigenvalue weighted by molar-refractivity contribution is -0.128. The standard InChI is InChI=1S/C25H24FN3O5S/c1-34-23-12-9-20(14-22(23)28-35(32,33)21-10-7-19(26)8-11-21)27-25(31)18-13-24(30)29(16-18)15-17-5-3-2-4-6-17/h2-12,14,18,28H,13,15-16H2,1H3,(H,27,31). The second-order valence-corrected chi connectivity index (χ2v) is 9.81. The Labute approximate surface area is 202 Å². The number of halogens is 1. The van der Waals surface area contributed by atoms with E-state index in [1.807, 2.05) is 30.3 Å². The molecule has 1 aliphatic rings. The van der Waals surface area contributed by atoms with E-state index < -0.39 is 21.8 Å². The zero-order valence-corrected chi connectivity index (χ0v) is 19.7. The van der Waals surface area contributed by atoms with Crippen LogP contribution in [0.5, 0.6) is 5.75 Å². The quantitative estimate of drug-likeness (QED) is 0.495. The average molecular weight is 498 g/mol. The van der Waals surface area contributed by atoms with Crippen molar-refractivity contribution in [1.29, 1.82) is 0 Å². The first-order chi connectivity index (χ1) is 16.7. The molecule has 1 saturated heterocycles. The maximum absolute atomic E-state index is 13.2. The molecule has 3 aromatic carbocycles. The number of nitrogens with zero attached hydrogens (tertiary/aromatic N) is 1. The second kappa shape index (κ2) is 10.1. The van der Waals surface area contributed by atoms with Gasteiger partial charge in [0.15, 0.2) is 0 Å². The molecule has 8 nitrogen and oxygen atoms in total. The van der Waals surface area contributed by atoms with Crippen molar-refractivity contribution < 1.29 is 27.1 Å². The predicted octanol–water partition coefficient (Wildman–Crippen LogP) is 3.62. The first kappa shape index (κ1) is 24.2. The Kier molecular flexibility index (Phi) is 7.02. The largest absolute Gasteiger partial charge is 0.495 e. The summed E-state index contributed by atoms with van der Waals surface area (Å²) < 4.78 is 46.3. The number of hydrogen-bond donors (Lipinski definition) is 2. The van der Waals surface area contributed by atoms with Crippen LogP contribution in [0.2, 0.25) is 0 Å². The van der Waals surface area contributed by atoms with E-state index in [9.17, 15) is 22.4 Å². The lowest BCUT2D eigenvalue weighted by Crippen LogP contribution is -2.28. The third-order valence-electron chi connectivity index (χ3n) is 5.64. The van der Waals surface area contributed by atoms with Crippen molar-refractivity contribution in [1.82, 2.24) is 4.90 Å². The van der Waals surface area contributed by atoms with Gasteiger partial charge in [0, 0.05) is 25.2 Å². The number of nitrogens with one attached hydrogen (secondary N) is 2. The fourth-order valence-electron chi connectivity index (χ4n) is 3.83. The van der Waals surface area contributed by atoms with Gasteiger partial charge >= 0.3 is 0 Å². The zero-order valence-electron chi connectivity index (χ0n) is 18.9. The van der Waals surface area contributed by atoms with Crippen molar-refractivity contribution in [2.45, 2.75) is 17.9 Å². The van der Waals surface area contributed by atoms with Crippen LogP contribution in [-0.2, 0) is 26.2 Å². The minimum atomic E-state index is -4.03. The molecule has 1 heterocycles. The highest BCUT2D eigenvalue weighted by molar-refractivity contribution is 7.92. The van der Waals surface area contributed by atoms with Gasteiger partial charge in [-0.05, 0) is 48.0 Å². The third kappa shape index (κ3) is 5.78. The molecule has 4 rings (SSSR count). The number of carbonyl (C=O) groups is 2. The van der Waals surface area contributed by atoms with Crippen LogP contribution in [0.3, 0.4) is 0 Å². The van der Waals surface area contributed by atoms with E-state index in [-0.39, 0.29) is 34.6 Å². The highest BCUT2D eigenvalue weighted by Gasteiger charge is 2.34.